The van der Waals surface area contributed by atoms with Crippen LogP contribution in [0.25, 0.3) is 0 Å². The second kappa shape index (κ2) is 7.94. The Morgan fingerprint density at radius 3 is 2.69 bits per heavy atom. The second-order valence-corrected chi connectivity index (χ2v) is 7.37. The first-order valence-corrected chi connectivity index (χ1v) is 9.67. The summed E-state index contributed by atoms with van der Waals surface area (Å²) >= 11 is 0. The van der Waals surface area contributed by atoms with Gasteiger partial charge in [0.1, 0.15) is 5.75 Å². The molecule has 0 aliphatic carbocycles. The first kappa shape index (κ1) is 17.8. The smallest absolute Gasteiger partial charge is 0.241 e. The first-order chi connectivity index (χ1) is 12.7. The van der Waals surface area contributed by atoms with Crippen LogP contribution in [0.2, 0.25) is 0 Å². The summed E-state index contributed by atoms with van der Waals surface area (Å²) in [4.78, 5) is 17.1. The summed E-state index contributed by atoms with van der Waals surface area (Å²) in [5.41, 5.74) is 2.25. The molecule has 0 spiro atoms. The van der Waals surface area contributed by atoms with Gasteiger partial charge in [-0.15, -0.1) is 0 Å². The maximum atomic E-state index is 12.9. The maximum Gasteiger partial charge on any atom is 0.241 e. The number of ether oxygens (including phenoxy) is 3. The Balaban J connectivity index is 1.34. The molecule has 0 bridgehead atoms. The van der Waals surface area contributed by atoms with Gasteiger partial charge in [-0.25, -0.2) is 0 Å². The Labute approximate surface area is 155 Å². The number of aryl methyl sites for hydroxylation is 1. The Hall–Kier alpha value is -1.63. The highest BCUT2D eigenvalue weighted by molar-refractivity contribution is 5.96. The van der Waals surface area contributed by atoms with Crippen LogP contribution in [0.4, 0.5) is 5.69 Å². The van der Waals surface area contributed by atoms with Crippen LogP contribution in [-0.4, -0.2) is 63.6 Å². The summed E-state index contributed by atoms with van der Waals surface area (Å²) < 4.78 is 16.6. The predicted molar refractivity (Wildman–Crippen MR) is 98.5 cm³/mol. The lowest BCUT2D eigenvalue weighted by Crippen LogP contribution is -2.46. The molecule has 3 aliphatic heterocycles. The van der Waals surface area contributed by atoms with Crippen LogP contribution >= 0.6 is 0 Å². The lowest BCUT2D eigenvalue weighted by atomic mass is 9.96. The number of likely N-dealkylation sites (tertiary alicyclic amines) is 1. The van der Waals surface area contributed by atoms with Crippen molar-refractivity contribution in [3.05, 3.63) is 23.8 Å². The number of nitrogens with zero attached hydrogens (tertiary/aromatic N) is 2. The van der Waals surface area contributed by atoms with Crippen LogP contribution in [0.1, 0.15) is 24.8 Å². The van der Waals surface area contributed by atoms with Crippen LogP contribution in [-0.2, 0) is 20.7 Å². The lowest BCUT2D eigenvalue weighted by Gasteiger charge is -2.36. The quantitative estimate of drug-likeness (QED) is 0.823. The van der Waals surface area contributed by atoms with Crippen molar-refractivity contribution in [2.45, 2.75) is 32.0 Å². The third-order valence-corrected chi connectivity index (χ3v) is 5.73. The molecule has 1 amide bonds. The Morgan fingerprint density at radius 2 is 1.96 bits per heavy atom. The number of carbonyl (C=O) groups is 1. The minimum absolute atomic E-state index is 0.0307. The molecule has 26 heavy (non-hydrogen) atoms. The zero-order chi connectivity index (χ0) is 17.9. The number of carbonyl (C=O) groups excluding carboxylic acids is 1. The Morgan fingerprint density at radius 1 is 1.19 bits per heavy atom. The van der Waals surface area contributed by atoms with E-state index in [0.717, 1.165) is 56.8 Å². The van der Waals surface area contributed by atoms with Gasteiger partial charge < -0.3 is 19.1 Å². The maximum absolute atomic E-state index is 12.9. The molecule has 2 saturated heterocycles. The largest absolute Gasteiger partial charge is 0.497 e. The number of hydrogen-bond acceptors (Lipinski definition) is 5. The fourth-order valence-electron chi connectivity index (χ4n) is 4.27. The van der Waals surface area contributed by atoms with Crippen molar-refractivity contribution in [1.29, 1.82) is 0 Å². The highest BCUT2D eigenvalue weighted by Crippen LogP contribution is 2.31. The number of hydrogen-bond donors (Lipinski definition) is 0. The van der Waals surface area contributed by atoms with Crippen LogP contribution in [0.5, 0.6) is 5.75 Å². The number of methoxy groups -OCH3 is 1. The predicted octanol–water partition coefficient (Wildman–Crippen LogP) is 2.06. The van der Waals surface area contributed by atoms with Gasteiger partial charge >= 0.3 is 0 Å². The van der Waals surface area contributed by atoms with Gasteiger partial charge in [0.25, 0.3) is 0 Å². The van der Waals surface area contributed by atoms with Gasteiger partial charge in [0.15, 0.2) is 6.29 Å². The van der Waals surface area contributed by atoms with Gasteiger partial charge in [-0.1, -0.05) is 0 Å². The van der Waals surface area contributed by atoms with Crippen molar-refractivity contribution in [3.63, 3.8) is 0 Å². The molecule has 3 heterocycles. The van der Waals surface area contributed by atoms with Crippen molar-refractivity contribution in [2.75, 3.05) is 51.4 Å². The molecule has 0 N–H and O–H groups in total. The third kappa shape index (κ3) is 3.72. The molecule has 4 rings (SSSR count). The van der Waals surface area contributed by atoms with Crippen LogP contribution < -0.4 is 9.64 Å². The number of rotatable bonds is 4. The van der Waals surface area contributed by atoms with E-state index in [-0.39, 0.29) is 12.2 Å². The highest BCUT2D eigenvalue weighted by atomic mass is 16.7. The van der Waals surface area contributed by atoms with Gasteiger partial charge in [-0.05, 0) is 62.5 Å². The summed E-state index contributed by atoms with van der Waals surface area (Å²) in [6.07, 6.45) is 4.04. The molecule has 1 aromatic rings. The number of anilines is 1. The van der Waals surface area contributed by atoms with E-state index >= 15 is 0 Å². The zero-order valence-corrected chi connectivity index (χ0v) is 15.5. The van der Waals surface area contributed by atoms with E-state index < -0.39 is 0 Å². The Kier molecular flexibility index (Phi) is 5.43. The monoisotopic (exact) mass is 360 g/mol. The number of fused-ring (bicyclic) bond motifs is 1. The highest BCUT2D eigenvalue weighted by Gasteiger charge is 2.32. The summed E-state index contributed by atoms with van der Waals surface area (Å²) in [6.45, 7) is 4.58. The average Bonchev–Trinajstić information content (AvgIpc) is 3.22. The number of benzene rings is 1. The fraction of sp³-hybridized carbons (Fsp3) is 0.650. The van der Waals surface area contributed by atoms with E-state index in [1.807, 2.05) is 17.0 Å². The van der Waals surface area contributed by atoms with Gasteiger partial charge in [0.05, 0.1) is 26.9 Å². The average molecular weight is 360 g/mol. The van der Waals surface area contributed by atoms with Gasteiger partial charge in [0.2, 0.25) is 5.91 Å². The Bertz CT molecular complexity index is 637. The van der Waals surface area contributed by atoms with E-state index in [9.17, 15) is 4.79 Å². The summed E-state index contributed by atoms with van der Waals surface area (Å²) in [6, 6.07) is 6.02. The van der Waals surface area contributed by atoms with E-state index in [4.69, 9.17) is 14.2 Å². The van der Waals surface area contributed by atoms with E-state index in [1.165, 1.54) is 5.56 Å². The van der Waals surface area contributed by atoms with E-state index in [0.29, 0.717) is 25.7 Å². The van der Waals surface area contributed by atoms with Crippen LogP contribution in [0, 0.1) is 5.92 Å². The van der Waals surface area contributed by atoms with Crippen LogP contribution in [0.3, 0.4) is 0 Å². The molecular weight excluding hydrogens is 332 g/mol. The number of amides is 1. The molecule has 3 aliphatic rings. The van der Waals surface area contributed by atoms with Crippen molar-refractivity contribution in [1.82, 2.24) is 4.90 Å². The van der Waals surface area contributed by atoms with Crippen molar-refractivity contribution < 1.29 is 19.0 Å². The molecule has 0 saturated carbocycles. The standard InChI is InChI=1S/C20H28N2O4/c1-24-17-4-5-18-16(13-17)3-2-8-22(18)19(23)14-21-9-6-15(7-10-21)20-25-11-12-26-20/h4-5,13,15,20H,2-3,6-12,14H2,1H3. The molecule has 1 aromatic carbocycles. The summed E-state index contributed by atoms with van der Waals surface area (Å²) in [5, 5.41) is 0. The third-order valence-electron chi connectivity index (χ3n) is 5.73. The fourth-order valence-corrected chi connectivity index (χ4v) is 4.27. The summed E-state index contributed by atoms with van der Waals surface area (Å²) in [7, 11) is 1.68. The second-order valence-electron chi connectivity index (χ2n) is 7.37. The molecular formula is C20H28N2O4. The minimum atomic E-state index is -0.0307. The minimum Gasteiger partial charge on any atom is -0.497 e. The molecule has 0 aromatic heterocycles. The van der Waals surface area contributed by atoms with Crippen molar-refractivity contribution >= 4 is 11.6 Å². The first-order valence-electron chi connectivity index (χ1n) is 9.67. The van der Waals surface area contributed by atoms with Gasteiger partial charge in [-0.2, -0.15) is 0 Å². The van der Waals surface area contributed by atoms with E-state index in [2.05, 4.69) is 11.0 Å². The van der Waals surface area contributed by atoms with Crippen molar-refractivity contribution in [2.24, 2.45) is 5.92 Å². The van der Waals surface area contributed by atoms with Gasteiger partial charge in [0, 0.05) is 18.2 Å². The molecule has 6 nitrogen and oxygen atoms in total. The molecule has 0 atom stereocenters. The SMILES string of the molecule is COc1ccc2c(c1)CCCN2C(=O)CN1CCC(C2OCCO2)CC1. The number of piperidine rings is 1. The van der Waals surface area contributed by atoms with Crippen molar-refractivity contribution in [3.8, 4) is 5.75 Å². The molecule has 6 heteroatoms. The molecule has 0 radical (unpaired) electrons. The molecule has 2 fully saturated rings. The molecule has 142 valence electrons. The van der Waals surface area contributed by atoms with E-state index in [1.54, 1.807) is 7.11 Å². The normalized spacial score (nSPS) is 22.4. The zero-order valence-electron chi connectivity index (χ0n) is 15.5. The lowest BCUT2D eigenvalue weighted by molar-refractivity contribution is -0.121. The topological polar surface area (TPSA) is 51.2 Å². The van der Waals surface area contributed by atoms with Gasteiger partial charge in [-0.3, -0.25) is 9.69 Å². The molecule has 0 unspecified atom stereocenters. The van der Waals surface area contributed by atoms with Crippen LogP contribution in [0.15, 0.2) is 18.2 Å². The summed E-state index contributed by atoms with van der Waals surface area (Å²) in [5.74, 6) is 1.52.